The minimum Gasteiger partial charge on any atom is -0.236 e. The van der Waals surface area contributed by atoms with E-state index in [1.54, 1.807) is 0 Å². The molecule has 4 nitrogen and oxygen atoms in total. The highest BCUT2D eigenvalue weighted by Crippen LogP contribution is 2.33. The van der Waals surface area contributed by atoms with Crippen molar-refractivity contribution in [3.8, 4) is 0 Å². The highest BCUT2D eigenvalue weighted by Gasteiger charge is 2.11. The lowest BCUT2D eigenvalue weighted by Crippen LogP contribution is -1.95. The fraction of sp³-hybridized carbons (Fsp3) is 0.133. The molecule has 4 aromatic carbocycles. The third-order valence-corrected chi connectivity index (χ3v) is 6.25. The summed E-state index contributed by atoms with van der Waals surface area (Å²) in [6.07, 6.45) is 5.93. The Bertz CT molecular complexity index is 1630. The van der Waals surface area contributed by atoms with Crippen LogP contribution in [0.15, 0.2) is 85.1 Å². The van der Waals surface area contributed by atoms with Crippen molar-refractivity contribution >= 4 is 54.6 Å². The third kappa shape index (κ3) is 3.88. The molecule has 0 saturated carbocycles. The first kappa shape index (κ1) is 21.7. The van der Waals surface area contributed by atoms with Gasteiger partial charge in [0, 0.05) is 22.4 Å². The van der Waals surface area contributed by atoms with Gasteiger partial charge in [0.1, 0.15) is 0 Å². The largest absolute Gasteiger partial charge is 0.236 e. The maximum Gasteiger partial charge on any atom is 0.155 e. The van der Waals surface area contributed by atoms with Gasteiger partial charge in [-0.25, -0.2) is 19.9 Å². The standard InChI is InChI=1S/C18H14N2.C12H12N2/c1-3-11(2)18-19-14-9-7-12-5-4-6-13-8-10-15(20-18)17(14)16(12)13;1-3-9(2)12-13-8-10-6-4-5-7-11(10)14-12/h3-10H,1-2H3;3-8H,1-2H3/b11-3+;9-3+. The molecule has 34 heavy (non-hydrogen) atoms. The van der Waals surface area contributed by atoms with Gasteiger partial charge in [-0.15, -0.1) is 0 Å². The molecular weight excluding hydrogens is 416 g/mol. The first-order valence-corrected chi connectivity index (χ1v) is 11.5. The average molecular weight is 443 g/mol. The molecule has 0 N–H and O–H groups in total. The molecule has 0 unspecified atom stereocenters. The Morgan fingerprint density at radius 3 is 1.76 bits per heavy atom. The summed E-state index contributed by atoms with van der Waals surface area (Å²) in [5, 5.41) is 6.03. The molecule has 0 aliphatic carbocycles. The van der Waals surface area contributed by atoms with Gasteiger partial charge in [-0.1, -0.05) is 60.7 Å². The van der Waals surface area contributed by atoms with Crippen LogP contribution in [0.2, 0.25) is 0 Å². The summed E-state index contributed by atoms with van der Waals surface area (Å²) in [6.45, 7) is 8.08. The maximum atomic E-state index is 4.72. The summed E-state index contributed by atoms with van der Waals surface area (Å²) < 4.78 is 0. The quantitative estimate of drug-likeness (QED) is 0.256. The molecule has 0 aliphatic rings. The Morgan fingerprint density at radius 2 is 1.12 bits per heavy atom. The molecule has 2 heterocycles. The molecule has 0 radical (unpaired) electrons. The zero-order chi connectivity index (χ0) is 23.7. The SMILES string of the molecule is C/C=C(\C)c1nc2ccc3cccc4ccc(n1)c2c34.C/C=C(\C)c1ncc2ccccc2n1. The van der Waals surface area contributed by atoms with Crippen LogP contribution in [0.3, 0.4) is 0 Å². The zero-order valence-corrected chi connectivity index (χ0v) is 19.9. The summed E-state index contributed by atoms with van der Waals surface area (Å²) in [6, 6.07) is 22.9. The van der Waals surface area contributed by atoms with Crippen molar-refractivity contribution in [2.24, 2.45) is 0 Å². The van der Waals surface area contributed by atoms with Crippen molar-refractivity contribution < 1.29 is 0 Å². The topological polar surface area (TPSA) is 51.6 Å². The number of aromatic nitrogens is 4. The maximum absolute atomic E-state index is 4.72. The van der Waals surface area contributed by atoms with E-state index in [4.69, 9.17) is 9.97 Å². The first-order valence-electron chi connectivity index (χ1n) is 11.5. The molecule has 0 atom stereocenters. The summed E-state index contributed by atoms with van der Waals surface area (Å²) in [7, 11) is 0. The number of hydrogen-bond acceptors (Lipinski definition) is 4. The van der Waals surface area contributed by atoms with E-state index < -0.39 is 0 Å². The van der Waals surface area contributed by atoms with E-state index in [1.807, 2.05) is 70.3 Å². The molecule has 0 amide bonds. The minimum absolute atomic E-state index is 0.811. The first-order chi connectivity index (χ1) is 16.6. The Hall–Kier alpha value is -4.18. The number of benzene rings is 4. The molecule has 6 rings (SSSR count). The highest BCUT2D eigenvalue weighted by molar-refractivity contribution is 6.21. The zero-order valence-electron chi connectivity index (χ0n) is 19.9. The summed E-state index contributed by atoms with van der Waals surface area (Å²) in [5.41, 5.74) is 5.26. The van der Waals surface area contributed by atoms with Gasteiger partial charge in [0.15, 0.2) is 11.6 Å². The molecular formula is C30H26N4. The van der Waals surface area contributed by atoms with E-state index >= 15 is 0 Å². The number of rotatable bonds is 2. The fourth-order valence-corrected chi connectivity index (χ4v) is 4.08. The number of hydrogen-bond donors (Lipinski definition) is 0. The molecule has 0 fully saturated rings. The third-order valence-electron chi connectivity index (χ3n) is 6.25. The normalized spacial score (nSPS) is 12.5. The van der Waals surface area contributed by atoms with E-state index in [0.717, 1.165) is 44.7 Å². The molecule has 4 heteroatoms. The van der Waals surface area contributed by atoms with E-state index in [1.165, 1.54) is 21.5 Å². The lowest BCUT2D eigenvalue weighted by atomic mass is 9.99. The number of fused-ring (bicyclic) bond motifs is 1. The molecule has 0 aliphatic heterocycles. The van der Waals surface area contributed by atoms with Crippen LogP contribution >= 0.6 is 0 Å². The molecule has 0 spiro atoms. The van der Waals surface area contributed by atoms with Gasteiger partial charge < -0.3 is 0 Å². The highest BCUT2D eigenvalue weighted by atomic mass is 14.9. The Kier molecular flexibility index (Phi) is 5.72. The smallest absolute Gasteiger partial charge is 0.155 e. The van der Waals surface area contributed by atoms with Gasteiger partial charge in [0.05, 0.1) is 16.6 Å². The predicted octanol–water partition coefficient (Wildman–Crippen LogP) is 7.85. The van der Waals surface area contributed by atoms with Crippen molar-refractivity contribution in [3.05, 3.63) is 96.7 Å². The number of nitrogens with zero attached hydrogens (tertiary/aromatic N) is 4. The Labute approximate surface area is 199 Å². The van der Waals surface area contributed by atoms with E-state index in [2.05, 4.69) is 52.4 Å². The van der Waals surface area contributed by atoms with Crippen molar-refractivity contribution in [1.82, 2.24) is 19.9 Å². The van der Waals surface area contributed by atoms with Gasteiger partial charge >= 0.3 is 0 Å². The van der Waals surface area contributed by atoms with Crippen LogP contribution in [0, 0.1) is 0 Å². The van der Waals surface area contributed by atoms with Crippen LogP contribution in [0.25, 0.3) is 54.6 Å². The molecule has 0 saturated heterocycles. The summed E-state index contributed by atoms with van der Waals surface area (Å²) in [5.74, 6) is 1.63. The van der Waals surface area contributed by atoms with Crippen LogP contribution in [0.1, 0.15) is 39.3 Å². The predicted molar refractivity (Wildman–Crippen MR) is 144 cm³/mol. The van der Waals surface area contributed by atoms with Crippen molar-refractivity contribution in [2.75, 3.05) is 0 Å². The second kappa shape index (κ2) is 8.99. The van der Waals surface area contributed by atoms with Gasteiger partial charge in [0.25, 0.3) is 0 Å². The van der Waals surface area contributed by atoms with Gasteiger partial charge in [-0.05, 0) is 67.8 Å². The summed E-state index contributed by atoms with van der Waals surface area (Å²) >= 11 is 0. The fourth-order valence-electron chi connectivity index (χ4n) is 4.08. The molecule has 166 valence electrons. The van der Waals surface area contributed by atoms with Gasteiger partial charge in [-0.3, -0.25) is 0 Å². The molecule has 0 bridgehead atoms. The van der Waals surface area contributed by atoms with Gasteiger partial charge in [0.2, 0.25) is 0 Å². The van der Waals surface area contributed by atoms with Crippen molar-refractivity contribution in [2.45, 2.75) is 27.7 Å². The van der Waals surface area contributed by atoms with Crippen molar-refractivity contribution in [3.63, 3.8) is 0 Å². The monoisotopic (exact) mass is 442 g/mol. The van der Waals surface area contributed by atoms with E-state index in [0.29, 0.717) is 0 Å². The van der Waals surface area contributed by atoms with Crippen LogP contribution in [0.5, 0.6) is 0 Å². The lowest BCUT2D eigenvalue weighted by molar-refractivity contribution is 1.16. The van der Waals surface area contributed by atoms with E-state index in [9.17, 15) is 0 Å². The molecule has 2 aromatic heterocycles. The van der Waals surface area contributed by atoms with Crippen LogP contribution in [-0.2, 0) is 0 Å². The second-order valence-electron chi connectivity index (χ2n) is 8.37. The van der Waals surface area contributed by atoms with Crippen LogP contribution in [-0.4, -0.2) is 19.9 Å². The number of allylic oxidation sites excluding steroid dienone is 4. The van der Waals surface area contributed by atoms with Crippen LogP contribution in [0.4, 0.5) is 0 Å². The summed E-state index contributed by atoms with van der Waals surface area (Å²) in [4.78, 5) is 18.2. The second-order valence-corrected chi connectivity index (χ2v) is 8.37. The lowest BCUT2D eigenvalue weighted by Gasteiger charge is -2.10. The Balaban J connectivity index is 0.000000152. The average Bonchev–Trinajstić information content (AvgIpc) is 2.90. The van der Waals surface area contributed by atoms with E-state index in [-0.39, 0.29) is 0 Å². The molecule has 6 aromatic rings. The van der Waals surface area contributed by atoms with Gasteiger partial charge in [-0.2, -0.15) is 0 Å². The number of para-hydroxylation sites is 1. The van der Waals surface area contributed by atoms with Crippen molar-refractivity contribution in [1.29, 1.82) is 0 Å². The Morgan fingerprint density at radius 1 is 0.559 bits per heavy atom. The minimum atomic E-state index is 0.811. The van der Waals surface area contributed by atoms with Crippen LogP contribution < -0.4 is 0 Å².